The van der Waals surface area contributed by atoms with Crippen LogP contribution in [-0.2, 0) is 17.6 Å². The molecule has 2 N–H and O–H groups in total. The Morgan fingerprint density at radius 3 is 2.07 bits per heavy atom. The number of aryl methyl sites for hydroxylation is 3. The Labute approximate surface area is 274 Å². The molecule has 240 valence electrons. The monoisotopic (exact) mass is 615 g/mol. The fourth-order valence-corrected chi connectivity index (χ4v) is 4.83. The molecule has 0 saturated heterocycles. The number of allylic oxidation sites excluding steroid dienone is 4. The molecular formula is C39H57N3OS. The highest BCUT2D eigenvalue weighted by molar-refractivity contribution is 7.79. The Kier molecular flexibility index (Phi) is 19.0. The van der Waals surface area contributed by atoms with Crippen LogP contribution in [0.1, 0.15) is 115 Å². The summed E-state index contributed by atoms with van der Waals surface area (Å²) in [4.78, 5) is 10.0. The molecule has 0 aliphatic carbocycles. The van der Waals surface area contributed by atoms with E-state index in [-0.39, 0.29) is 5.54 Å². The van der Waals surface area contributed by atoms with Gasteiger partial charge in [0, 0.05) is 41.1 Å². The molecule has 0 saturated carbocycles. The molecule has 1 atom stereocenters. The van der Waals surface area contributed by atoms with Crippen molar-refractivity contribution in [1.82, 2.24) is 5.32 Å². The summed E-state index contributed by atoms with van der Waals surface area (Å²) in [6.07, 6.45) is 15.2. The molecule has 1 unspecified atom stereocenters. The molecule has 0 fully saturated rings. The van der Waals surface area contributed by atoms with Crippen molar-refractivity contribution < 1.29 is 4.79 Å². The summed E-state index contributed by atoms with van der Waals surface area (Å²) in [7, 11) is 0. The third kappa shape index (κ3) is 15.5. The van der Waals surface area contributed by atoms with Gasteiger partial charge in [-0.3, -0.25) is 0 Å². The second-order valence-electron chi connectivity index (χ2n) is 12.1. The van der Waals surface area contributed by atoms with Crippen molar-refractivity contribution in [1.29, 1.82) is 5.41 Å². The van der Waals surface area contributed by atoms with Crippen molar-refractivity contribution in [2.24, 2.45) is 4.40 Å². The molecule has 2 aromatic rings. The first kappa shape index (κ1) is 38.8. The summed E-state index contributed by atoms with van der Waals surface area (Å²) in [6, 6.07) is 16.9. The highest BCUT2D eigenvalue weighted by Gasteiger charge is 2.29. The molecule has 3 rings (SSSR count). The Bertz CT molecular complexity index is 1250. The first-order valence-corrected chi connectivity index (χ1v) is 16.6. The van der Waals surface area contributed by atoms with Gasteiger partial charge >= 0.3 is 0 Å². The number of rotatable bonds is 14. The van der Waals surface area contributed by atoms with Gasteiger partial charge in [-0.1, -0.05) is 112 Å². The lowest BCUT2D eigenvalue weighted by molar-refractivity contribution is -0.107. The van der Waals surface area contributed by atoms with Crippen molar-refractivity contribution in [2.45, 2.75) is 118 Å². The van der Waals surface area contributed by atoms with Crippen LogP contribution in [0, 0.1) is 12.3 Å². The second kappa shape index (κ2) is 21.5. The molecule has 0 amide bonds. The average Bonchev–Trinajstić information content (AvgIpc) is 3.36. The largest absolute Gasteiger partial charge is 0.383 e. The quantitative estimate of drug-likeness (QED) is 0.0856. The predicted molar refractivity (Wildman–Crippen MR) is 197 cm³/mol. The molecule has 2 aromatic carbocycles. The van der Waals surface area contributed by atoms with Gasteiger partial charge in [0.1, 0.15) is 6.29 Å². The lowest BCUT2D eigenvalue weighted by atomic mass is 9.87. The number of hydrogen-bond donors (Lipinski definition) is 3. The van der Waals surface area contributed by atoms with Crippen LogP contribution in [0.2, 0.25) is 0 Å². The normalized spacial score (nSPS) is 16.0. The lowest BCUT2D eigenvalue weighted by Crippen LogP contribution is -2.38. The predicted octanol–water partition coefficient (Wildman–Crippen LogP) is 10.7. The molecule has 0 aromatic heterocycles. The molecule has 0 bridgehead atoms. The summed E-state index contributed by atoms with van der Waals surface area (Å²) in [5.41, 5.74) is 9.59. The van der Waals surface area contributed by atoms with E-state index in [1.807, 2.05) is 13.0 Å². The Hall–Kier alpha value is -3.18. The van der Waals surface area contributed by atoms with Crippen LogP contribution in [0.15, 0.2) is 82.9 Å². The van der Waals surface area contributed by atoms with Gasteiger partial charge in [0.2, 0.25) is 0 Å². The molecule has 0 spiro atoms. The standard InChI is InChI=1S/C25H35N3S.C10H12O.C4H10/c1-6-7-18(2)8-9-21-10-12-22(13-11-21)23(16-20(4)28-29)24(26)17-25(5)15-14-19(3)27-25;1-9-4-6-10(7-5-9)3-2-8-11;1-3-4-2/h10-14,16,26-27,29H,2,6-9,15,17H2,1,3-5H3;4-8H,2-3H2,1H3;3-4H2,1-2H3/b23-16-,26-24?,28-20+;;. The van der Waals surface area contributed by atoms with Crippen LogP contribution < -0.4 is 5.32 Å². The Morgan fingerprint density at radius 1 is 0.977 bits per heavy atom. The lowest BCUT2D eigenvalue weighted by Gasteiger charge is -2.27. The molecular weight excluding hydrogens is 559 g/mol. The number of benzene rings is 2. The summed E-state index contributed by atoms with van der Waals surface area (Å²) >= 11 is 4.04. The number of thiol groups is 1. The Balaban J connectivity index is 0.000000530. The maximum Gasteiger partial charge on any atom is 0.120 e. The van der Waals surface area contributed by atoms with Gasteiger partial charge in [-0.15, -0.1) is 0 Å². The van der Waals surface area contributed by atoms with Crippen LogP contribution in [0.25, 0.3) is 5.57 Å². The van der Waals surface area contributed by atoms with Gasteiger partial charge in [0.15, 0.2) is 0 Å². The first-order chi connectivity index (χ1) is 21.0. The van der Waals surface area contributed by atoms with Gasteiger partial charge in [0.05, 0.1) is 0 Å². The van der Waals surface area contributed by atoms with E-state index in [9.17, 15) is 4.79 Å². The minimum Gasteiger partial charge on any atom is -0.383 e. The summed E-state index contributed by atoms with van der Waals surface area (Å²) in [5.74, 6) is 0. The number of aldehydes is 1. The zero-order valence-corrected chi connectivity index (χ0v) is 29.3. The highest BCUT2D eigenvalue weighted by atomic mass is 32.1. The van der Waals surface area contributed by atoms with Crippen LogP contribution in [0.5, 0.6) is 0 Å². The van der Waals surface area contributed by atoms with Crippen LogP contribution in [-0.4, -0.2) is 23.2 Å². The first-order valence-electron chi connectivity index (χ1n) is 16.2. The number of nitrogens with one attached hydrogen (secondary N) is 2. The van der Waals surface area contributed by atoms with Crippen molar-refractivity contribution in [3.8, 4) is 0 Å². The molecule has 5 heteroatoms. The molecule has 1 heterocycles. The van der Waals surface area contributed by atoms with Crippen molar-refractivity contribution in [2.75, 3.05) is 0 Å². The number of nitrogens with zero attached hydrogens (tertiary/aromatic N) is 1. The smallest absolute Gasteiger partial charge is 0.120 e. The van der Waals surface area contributed by atoms with Gasteiger partial charge in [-0.05, 0) is 95.4 Å². The van der Waals surface area contributed by atoms with E-state index in [4.69, 9.17) is 5.41 Å². The Morgan fingerprint density at radius 2 is 1.57 bits per heavy atom. The third-order valence-corrected chi connectivity index (χ3v) is 7.88. The van der Waals surface area contributed by atoms with E-state index in [2.05, 4.69) is 125 Å². The van der Waals surface area contributed by atoms with Gasteiger partial charge < -0.3 is 15.5 Å². The summed E-state index contributed by atoms with van der Waals surface area (Å²) < 4.78 is 3.98. The van der Waals surface area contributed by atoms with E-state index in [0.29, 0.717) is 18.6 Å². The number of unbranched alkanes of at least 4 members (excludes halogenated alkanes) is 1. The van der Waals surface area contributed by atoms with Gasteiger partial charge in [-0.2, -0.15) is 0 Å². The van der Waals surface area contributed by atoms with E-state index in [1.165, 1.54) is 40.8 Å². The summed E-state index contributed by atoms with van der Waals surface area (Å²) in [5, 5.41) is 12.3. The second-order valence-corrected chi connectivity index (χ2v) is 12.3. The molecule has 0 radical (unpaired) electrons. The van der Waals surface area contributed by atoms with Crippen molar-refractivity contribution >= 4 is 36.1 Å². The summed E-state index contributed by atoms with van der Waals surface area (Å²) in [6.45, 7) is 18.9. The number of hydrogen-bond acceptors (Lipinski definition) is 5. The minimum absolute atomic E-state index is 0.105. The van der Waals surface area contributed by atoms with Gasteiger partial charge in [-0.25, -0.2) is 4.40 Å². The van der Waals surface area contributed by atoms with Crippen molar-refractivity contribution in [3.05, 3.63) is 101 Å². The fourth-order valence-electron chi connectivity index (χ4n) is 4.77. The zero-order chi connectivity index (χ0) is 33.0. The topological polar surface area (TPSA) is 65.3 Å². The maximum absolute atomic E-state index is 10.0. The minimum atomic E-state index is -0.105. The molecule has 1 aliphatic rings. The zero-order valence-electron chi connectivity index (χ0n) is 28.4. The maximum atomic E-state index is 10.0. The van der Waals surface area contributed by atoms with Crippen LogP contribution >= 0.6 is 12.8 Å². The molecule has 1 aliphatic heterocycles. The van der Waals surface area contributed by atoms with E-state index in [1.54, 1.807) is 0 Å². The van der Waals surface area contributed by atoms with Crippen molar-refractivity contribution in [3.63, 3.8) is 0 Å². The van der Waals surface area contributed by atoms with E-state index >= 15 is 0 Å². The number of carbonyl (C=O) groups is 1. The fraction of sp³-hybridized carbons (Fsp3) is 0.462. The molecule has 44 heavy (non-hydrogen) atoms. The molecule has 4 nitrogen and oxygen atoms in total. The van der Waals surface area contributed by atoms with Crippen LogP contribution in [0.3, 0.4) is 0 Å². The van der Waals surface area contributed by atoms with E-state index in [0.717, 1.165) is 61.7 Å². The van der Waals surface area contributed by atoms with Gasteiger partial charge in [0.25, 0.3) is 0 Å². The SMILES string of the molecule is C=C(CCC)CCc1ccc(/C(=C/C(C)=N/S)C(=N)CC2(C)CC=C(C)N2)cc1.CCCC.Cc1ccc(CCC=O)cc1. The highest BCUT2D eigenvalue weighted by Crippen LogP contribution is 2.28. The van der Waals surface area contributed by atoms with Crippen LogP contribution in [0.4, 0.5) is 0 Å². The third-order valence-electron chi connectivity index (χ3n) is 7.57. The number of carbonyl (C=O) groups excluding carboxylic acids is 1. The average molecular weight is 616 g/mol. The van der Waals surface area contributed by atoms with E-state index < -0.39 is 0 Å².